The summed E-state index contributed by atoms with van der Waals surface area (Å²) in [7, 11) is 0. The van der Waals surface area contributed by atoms with Gasteiger partial charge >= 0.3 is 0 Å². The van der Waals surface area contributed by atoms with Gasteiger partial charge in [-0.05, 0) is 62.1 Å². The van der Waals surface area contributed by atoms with Gasteiger partial charge in [-0.25, -0.2) is 4.99 Å². The van der Waals surface area contributed by atoms with Crippen molar-refractivity contribution in [2.24, 2.45) is 16.8 Å². The molecular weight excluding hydrogens is 439 g/mol. The molecule has 1 saturated heterocycles. The maximum absolute atomic E-state index is 9.26. The number of rotatable bonds is 7. The van der Waals surface area contributed by atoms with Gasteiger partial charge in [0.15, 0.2) is 5.96 Å². The summed E-state index contributed by atoms with van der Waals surface area (Å²) in [5.74, 6) is 2.25. The molecule has 1 heterocycles. The van der Waals surface area contributed by atoms with Crippen LogP contribution in [-0.4, -0.2) is 43.9 Å². The van der Waals surface area contributed by atoms with Crippen LogP contribution in [0, 0.1) is 11.8 Å². The first kappa shape index (κ1) is 21.3. The standard InChI is InChI=1S/C20H32N4O.HI/c1-2-21-20(22-13-16-3-4-16)23-14-17-5-7-19(8-6-17)24-11-9-18(15-25)10-12-24;/h5-8,16,18,25H,2-4,9-15H2,1H3,(H2,21,22,23);1H. The second-order valence-corrected chi connectivity index (χ2v) is 7.30. The van der Waals surface area contributed by atoms with Gasteiger partial charge in [0.1, 0.15) is 0 Å². The molecule has 1 aromatic carbocycles. The molecule has 0 spiro atoms. The van der Waals surface area contributed by atoms with Crippen molar-refractivity contribution in [3.05, 3.63) is 29.8 Å². The Bertz CT molecular complexity index is 551. The number of nitrogens with zero attached hydrogens (tertiary/aromatic N) is 2. The summed E-state index contributed by atoms with van der Waals surface area (Å²) < 4.78 is 0. The number of piperidine rings is 1. The van der Waals surface area contributed by atoms with E-state index in [9.17, 15) is 5.11 Å². The van der Waals surface area contributed by atoms with Crippen LogP contribution in [0.2, 0.25) is 0 Å². The summed E-state index contributed by atoms with van der Waals surface area (Å²) in [4.78, 5) is 7.12. The third kappa shape index (κ3) is 6.61. The van der Waals surface area contributed by atoms with Gasteiger partial charge in [-0.3, -0.25) is 0 Å². The Balaban J connectivity index is 0.00000243. The molecule has 146 valence electrons. The predicted molar refractivity (Wildman–Crippen MR) is 119 cm³/mol. The Kier molecular flexibility index (Phi) is 8.98. The zero-order chi connectivity index (χ0) is 17.5. The molecule has 2 fully saturated rings. The van der Waals surface area contributed by atoms with Crippen molar-refractivity contribution in [2.45, 2.75) is 39.2 Å². The quantitative estimate of drug-likeness (QED) is 0.325. The molecule has 3 rings (SSSR count). The third-order valence-corrected chi connectivity index (χ3v) is 5.19. The van der Waals surface area contributed by atoms with E-state index in [2.05, 4.69) is 46.7 Å². The van der Waals surface area contributed by atoms with Crippen LogP contribution in [0.1, 0.15) is 38.2 Å². The number of halogens is 1. The first-order valence-corrected chi connectivity index (χ1v) is 9.75. The number of guanidine groups is 1. The Morgan fingerprint density at radius 3 is 2.35 bits per heavy atom. The fraction of sp³-hybridized carbons (Fsp3) is 0.650. The van der Waals surface area contributed by atoms with Crippen LogP contribution < -0.4 is 15.5 Å². The molecule has 5 nitrogen and oxygen atoms in total. The second kappa shape index (κ2) is 11.0. The molecule has 0 aromatic heterocycles. The highest BCUT2D eigenvalue weighted by Crippen LogP contribution is 2.27. The number of aliphatic hydroxyl groups excluding tert-OH is 1. The number of anilines is 1. The highest BCUT2D eigenvalue weighted by molar-refractivity contribution is 14.0. The number of hydrogen-bond donors (Lipinski definition) is 3. The van der Waals surface area contributed by atoms with Crippen LogP contribution in [0.3, 0.4) is 0 Å². The molecule has 0 atom stereocenters. The third-order valence-electron chi connectivity index (χ3n) is 5.19. The van der Waals surface area contributed by atoms with Crippen molar-refractivity contribution in [3.63, 3.8) is 0 Å². The van der Waals surface area contributed by atoms with Gasteiger partial charge in [0.2, 0.25) is 0 Å². The first-order valence-electron chi connectivity index (χ1n) is 9.75. The van der Waals surface area contributed by atoms with Gasteiger partial charge in [-0.1, -0.05) is 12.1 Å². The van der Waals surface area contributed by atoms with Crippen LogP contribution in [0.4, 0.5) is 5.69 Å². The number of nitrogens with one attached hydrogen (secondary N) is 2. The Labute approximate surface area is 174 Å². The van der Waals surface area contributed by atoms with E-state index in [4.69, 9.17) is 4.99 Å². The zero-order valence-electron chi connectivity index (χ0n) is 15.8. The molecule has 0 radical (unpaired) electrons. The van der Waals surface area contributed by atoms with Crippen molar-refractivity contribution >= 4 is 35.6 Å². The Morgan fingerprint density at radius 1 is 1.08 bits per heavy atom. The zero-order valence-corrected chi connectivity index (χ0v) is 18.1. The van der Waals surface area contributed by atoms with E-state index in [-0.39, 0.29) is 24.0 Å². The van der Waals surface area contributed by atoms with Gasteiger partial charge < -0.3 is 20.6 Å². The lowest BCUT2D eigenvalue weighted by Crippen LogP contribution is -2.38. The van der Waals surface area contributed by atoms with E-state index in [1.165, 1.54) is 24.1 Å². The number of aliphatic hydroxyl groups is 1. The van der Waals surface area contributed by atoms with Gasteiger partial charge in [-0.2, -0.15) is 0 Å². The smallest absolute Gasteiger partial charge is 0.191 e. The molecule has 3 N–H and O–H groups in total. The molecule has 0 amide bonds. The lowest BCUT2D eigenvalue weighted by atomic mass is 9.97. The van der Waals surface area contributed by atoms with Crippen molar-refractivity contribution < 1.29 is 5.11 Å². The maximum Gasteiger partial charge on any atom is 0.191 e. The molecule has 1 aliphatic heterocycles. The van der Waals surface area contributed by atoms with Crippen LogP contribution >= 0.6 is 24.0 Å². The van der Waals surface area contributed by atoms with E-state index in [1.807, 2.05) is 0 Å². The highest BCUT2D eigenvalue weighted by Gasteiger charge is 2.21. The normalized spacial score (nSPS) is 18.4. The molecule has 1 saturated carbocycles. The van der Waals surface area contributed by atoms with Crippen molar-refractivity contribution in [1.82, 2.24) is 10.6 Å². The fourth-order valence-corrected chi connectivity index (χ4v) is 3.26. The topological polar surface area (TPSA) is 59.9 Å². The monoisotopic (exact) mass is 472 g/mol. The molecule has 1 aliphatic carbocycles. The molecule has 2 aliphatic rings. The van der Waals surface area contributed by atoms with Crippen LogP contribution in [-0.2, 0) is 6.54 Å². The van der Waals surface area contributed by atoms with E-state index in [1.54, 1.807) is 0 Å². The van der Waals surface area contributed by atoms with E-state index in [0.717, 1.165) is 50.9 Å². The van der Waals surface area contributed by atoms with Gasteiger partial charge in [0.05, 0.1) is 6.54 Å². The Morgan fingerprint density at radius 2 is 1.77 bits per heavy atom. The molecule has 0 unspecified atom stereocenters. The molecule has 1 aromatic rings. The van der Waals surface area contributed by atoms with Gasteiger partial charge in [-0.15, -0.1) is 24.0 Å². The summed E-state index contributed by atoms with van der Waals surface area (Å²) in [6, 6.07) is 8.77. The van der Waals surface area contributed by atoms with E-state index < -0.39 is 0 Å². The minimum atomic E-state index is 0. The number of hydrogen-bond acceptors (Lipinski definition) is 3. The molecule has 0 bridgehead atoms. The van der Waals surface area contributed by atoms with Crippen molar-refractivity contribution in [2.75, 3.05) is 37.7 Å². The molecule has 6 heteroatoms. The van der Waals surface area contributed by atoms with E-state index in [0.29, 0.717) is 19.1 Å². The SMILES string of the molecule is CCNC(=NCc1ccc(N2CCC(CO)CC2)cc1)NCC1CC1.I. The second-order valence-electron chi connectivity index (χ2n) is 7.30. The summed E-state index contributed by atoms with van der Waals surface area (Å²) in [6.07, 6.45) is 4.87. The number of aliphatic imine (C=N–C) groups is 1. The Hall–Kier alpha value is -1.02. The summed E-state index contributed by atoms with van der Waals surface area (Å²) in [5, 5.41) is 16.0. The first-order chi connectivity index (χ1) is 12.3. The van der Waals surface area contributed by atoms with E-state index >= 15 is 0 Å². The van der Waals surface area contributed by atoms with Gasteiger partial charge in [0, 0.05) is 38.5 Å². The van der Waals surface area contributed by atoms with Crippen LogP contribution in [0.5, 0.6) is 0 Å². The number of benzene rings is 1. The predicted octanol–water partition coefficient (Wildman–Crippen LogP) is 2.98. The van der Waals surface area contributed by atoms with Crippen LogP contribution in [0.15, 0.2) is 29.3 Å². The summed E-state index contributed by atoms with van der Waals surface area (Å²) >= 11 is 0. The highest BCUT2D eigenvalue weighted by atomic mass is 127. The minimum absolute atomic E-state index is 0. The largest absolute Gasteiger partial charge is 0.396 e. The van der Waals surface area contributed by atoms with Crippen molar-refractivity contribution in [3.8, 4) is 0 Å². The molecule has 26 heavy (non-hydrogen) atoms. The van der Waals surface area contributed by atoms with Gasteiger partial charge in [0.25, 0.3) is 0 Å². The molecular formula is C20H33IN4O. The summed E-state index contributed by atoms with van der Waals surface area (Å²) in [5.41, 5.74) is 2.51. The fourth-order valence-electron chi connectivity index (χ4n) is 3.26. The minimum Gasteiger partial charge on any atom is -0.396 e. The maximum atomic E-state index is 9.26. The average molecular weight is 472 g/mol. The van der Waals surface area contributed by atoms with Crippen LogP contribution in [0.25, 0.3) is 0 Å². The lowest BCUT2D eigenvalue weighted by molar-refractivity contribution is 0.203. The average Bonchev–Trinajstić information content (AvgIpc) is 3.49. The lowest BCUT2D eigenvalue weighted by Gasteiger charge is -2.32. The van der Waals surface area contributed by atoms with Crippen molar-refractivity contribution in [1.29, 1.82) is 0 Å². The summed E-state index contributed by atoms with van der Waals surface area (Å²) in [6.45, 7) is 7.13.